The van der Waals surface area contributed by atoms with E-state index in [0.717, 1.165) is 19.7 Å². The van der Waals surface area contributed by atoms with E-state index >= 15 is 0 Å². The molecule has 0 saturated carbocycles. The number of ether oxygens (including phenoxy) is 2. The van der Waals surface area contributed by atoms with Gasteiger partial charge >= 0.3 is 0 Å². The Labute approximate surface area is 98.5 Å². The number of likely N-dealkylation sites (tertiary alicyclic amines) is 1. The maximum atomic E-state index is 5.87. The largest absolute Gasteiger partial charge is 0.382 e. The number of nitrogens with zero attached hydrogens (tertiary/aromatic N) is 1. The van der Waals surface area contributed by atoms with Crippen LogP contribution in [0.2, 0.25) is 0 Å². The van der Waals surface area contributed by atoms with Gasteiger partial charge in [-0.3, -0.25) is 4.90 Å². The number of methoxy groups -OCH3 is 1. The predicted molar refractivity (Wildman–Crippen MR) is 63.6 cm³/mol. The van der Waals surface area contributed by atoms with Crippen LogP contribution in [0.4, 0.5) is 0 Å². The first kappa shape index (κ1) is 15.1. The van der Waals surface area contributed by atoms with E-state index in [1.807, 2.05) is 0 Å². The zero-order valence-electron chi connectivity index (χ0n) is 9.48. The zero-order chi connectivity index (χ0) is 10.2. The van der Waals surface area contributed by atoms with Crippen molar-refractivity contribution in [3.8, 4) is 0 Å². The Kier molecular flexibility index (Phi) is 9.44. The molecule has 1 aliphatic heterocycles. The van der Waals surface area contributed by atoms with E-state index in [0.29, 0.717) is 19.3 Å². The number of nitrogens with two attached hydrogens (primary N) is 1. The summed E-state index contributed by atoms with van der Waals surface area (Å²) in [6.45, 7) is 5.35. The summed E-state index contributed by atoms with van der Waals surface area (Å²) >= 11 is 0. The Balaban J connectivity index is 0.00000196. The van der Waals surface area contributed by atoms with Gasteiger partial charge in [0.1, 0.15) is 0 Å². The van der Waals surface area contributed by atoms with E-state index in [1.54, 1.807) is 7.11 Å². The van der Waals surface area contributed by atoms with Gasteiger partial charge in [-0.05, 0) is 19.4 Å². The molecule has 1 aliphatic rings. The molecule has 1 saturated heterocycles. The van der Waals surface area contributed by atoms with Crippen molar-refractivity contribution < 1.29 is 9.47 Å². The van der Waals surface area contributed by atoms with Crippen molar-refractivity contribution in [3.63, 3.8) is 0 Å². The van der Waals surface area contributed by atoms with Crippen LogP contribution in [0, 0.1) is 0 Å². The maximum absolute atomic E-state index is 5.87. The first-order valence-electron chi connectivity index (χ1n) is 5.37. The summed E-state index contributed by atoms with van der Waals surface area (Å²) in [5.41, 5.74) is 5.87. The lowest BCUT2D eigenvalue weighted by molar-refractivity contribution is 0.0528. The summed E-state index contributed by atoms with van der Waals surface area (Å²) in [7, 11) is 1.69. The second-order valence-corrected chi connectivity index (χ2v) is 3.81. The van der Waals surface area contributed by atoms with Gasteiger partial charge in [-0.25, -0.2) is 0 Å². The number of piperidine rings is 1. The molecule has 1 rings (SSSR count). The zero-order valence-corrected chi connectivity index (χ0v) is 10.3. The van der Waals surface area contributed by atoms with Crippen LogP contribution in [0.3, 0.4) is 0 Å². The van der Waals surface area contributed by atoms with Gasteiger partial charge in [0.25, 0.3) is 0 Å². The second-order valence-electron chi connectivity index (χ2n) is 3.81. The molecule has 5 heteroatoms. The van der Waals surface area contributed by atoms with Gasteiger partial charge in [-0.2, -0.15) is 0 Å². The van der Waals surface area contributed by atoms with Gasteiger partial charge in [-0.15, -0.1) is 12.4 Å². The molecule has 1 fully saturated rings. The van der Waals surface area contributed by atoms with Gasteiger partial charge in [0.15, 0.2) is 0 Å². The summed E-state index contributed by atoms with van der Waals surface area (Å²) < 4.78 is 10.3. The first-order valence-corrected chi connectivity index (χ1v) is 5.37. The molecule has 0 amide bonds. The molecule has 0 aromatic carbocycles. The van der Waals surface area contributed by atoms with Crippen molar-refractivity contribution in [2.75, 3.05) is 46.6 Å². The highest BCUT2D eigenvalue weighted by Gasteiger charge is 2.15. The van der Waals surface area contributed by atoms with Crippen LogP contribution in [-0.2, 0) is 9.47 Å². The maximum Gasteiger partial charge on any atom is 0.0700 e. The summed E-state index contributed by atoms with van der Waals surface area (Å²) in [6, 6.07) is 0.364. The van der Waals surface area contributed by atoms with Gasteiger partial charge in [-0.1, -0.05) is 0 Å². The van der Waals surface area contributed by atoms with Gasteiger partial charge in [0, 0.05) is 26.2 Å². The summed E-state index contributed by atoms with van der Waals surface area (Å²) in [5, 5.41) is 0. The van der Waals surface area contributed by atoms with Crippen LogP contribution >= 0.6 is 12.4 Å². The highest BCUT2D eigenvalue weighted by molar-refractivity contribution is 5.85. The Morgan fingerprint density at radius 3 is 2.80 bits per heavy atom. The third kappa shape index (κ3) is 7.09. The van der Waals surface area contributed by atoms with Crippen LogP contribution in [0.25, 0.3) is 0 Å². The number of hydrogen-bond acceptors (Lipinski definition) is 4. The molecule has 0 aromatic heterocycles. The molecule has 15 heavy (non-hydrogen) atoms. The van der Waals surface area contributed by atoms with E-state index in [4.69, 9.17) is 15.2 Å². The van der Waals surface area contributed by atoms with Crippen LogP contribution in [0.15, 0.2) is 0 Å². The molecule has 1 unspecified atom stereocenters. The lowest BCUT2D eigenvalue weighted by Gasteiger charge is -2.30. The number of rotatable bonds is 6. The molecule has 2 N–H and O–H groups in total. The molecule has 1 heterocycles. The van der Waals surface area contributed by atoms with Gasteiger partial charge in [0.2, 0.25) is 0 Å². The van der Waals surface area contributed by atoms with Gasteiger partial charge < -0.3 is 15.2 Å². The molecular weight excluding hydrogens is 216 g/mol. The normalized spacial score (nSPS) is 22.4. The van der Waals surface area contributed by atoms with Crippen molar-refractivity contribution in [1.82, 2.24) is 4.90 Å². The Morgan fingerprint density at radius 2 is 2.13 bits per heavy atom. The third-order valence-corrected chi connectivity index (χ3v) is 2.53. The Bertz CT molecular complexity index is 149. The lowest BCUT2D eigenvalue weighted by atomic mass is 10.1. The molecule has 0 radical (unpaired) electrons. The first-order chi connectivity index (χ1) is 6.83. The molecule has 4 nitrogen and oxygen atoms in total. The number of hydrogen-bond donors (Lipinski definition) is 1. The Morgan fingerprint density at radius 1 is 1.33 bits per heavy atom. The quantitative estimate of drug-likeness (QED) is 0.685. The summed E-state index contributed by atoms with van der Waals surface area (Å²) in [5.74, 6) is 0. The molecule has 0 aromatic rings. The third-order valence-electron chi connectivity index (χ3n) is 2.53. The Hall–Kier alpha value is 0.130. The van der Waals surface area contributed by atoms with Crippen molar-refractivity contribution in [3.05, 3.63) is 0 Å². The predicted octanol–water partition coefficient (Wildman–Crippen LogP) is 0.494. The van der Waals surface area contributed by atoms with Crippen molar-refractivity contribution in [2.24, 2.45) is 5.73 Å². The second kappa shape index (κ2) is 9.36. The van der Waals surface area contributed by atoms with Crippen molar-refractivity contribution in [1.29, 1.82) is 0 Å². The average molecular weight is 239 g/mol. The summed E-state index contributed by atoms with van der Waals surface area (Å²) in [4.78, 5) is 2.38. The van der Waals surface area contributed by atoms with Crippen LogP contribution in [-0.4, -0.2) is 57.5 Å². The minimum atomic E-state index is 0. The van der Waals surface area contributed by atoms with Gasteiger partial charge in [0.05, 0.1) is 19.8 Å². The van der Waals surface area contributed by atoms with E-state index in [2.05, 4.69) is 4.90 Å². The van der Waals surface area contributed by atoms with E-state index in [-0.39, 0.29) is 12.4 Å². The van der Waals surface area contributed by atoms with E-state index in [1.165, 1.54) is 19.4 Å². The highest BCUT2D eigenvalue weighted by Crippen LogP contribution is 2.07. The van der Waals surface area contributed by atoms with Crippen LogP contribution in [0.1, 0.15) is 12.8 Å². The topological polar surface area (TPSA) is 47.7 Å². The van der Waals surface area contributed by atoms with E-state index < -0.39 is 0 Å². The van der Waals surface area contributed by atoms with E-state index in [9.17, 15) is 0 Å². The standard InChI is InChI=1S/C10H22N2O2.ClH/c1-13-7-8-14-6-5-12-4-2-3-10(11)9-12;/h10H,2-9,11H2,1H3;1H. The monoisotopic (exact) mass is 238 g/mol. The minimum absolute atomic E-state index is 0. The van der Waals surface area contributed by atoms with Crippen LogP contribution in [0.5, 0.6) is 0 Å². The fraction of sp³-hybridized carbons (Fsp3) is 1.00. The lowest BCUT2D eigenvalue weighted by Crippen LogP contribution is -2.44. The minimum Gasteiger partial charge on any atom is -0.382 e. The fourth-order valence-electron chi connectivity index (χ4n) is 1.73. The molecule has 0 bridgehead atoms. The molecular formula is C10H23ClN2O2. The molecule has 1 atom stereocenters. The summed E-state index contributed by atoms with van der Waals surface area (Å²) in [6.07, 6.45) is 2.39. The molecule has 0 spiro atoms. The average Bonchev–Trinajstić information content (AvgIpc) is 2.18. The molecule has 92 valence electrons. The molecule has 0 aliphatic carbocycles. The fourth-order valence-corrected chi connectivity index (χ4v) is 1.73. The van der Waals surface area contributed by atoms with Crippen molar-refractivity contribution in [2.45, 2.75) is 18.9 Å². The van der Waals surface area contributed by atoms with Crippen molar-refractivity contribution >= 4 is 12.4 Å². The smallest absolute Gasteiger partial charge is 0.0700 e. The highest BCUT2D eigenvalue weighted by atomic mass is 35.5. The SMILES string of the molecule is COCCOCCN1CCCC(N)C1.Cl. The number of halogens is 1. The van der Waals surface area contributed by atoms with Crippen LogP contribution < -0.4 is 5.73 Å².